The Morgan fingerprint density at radius 2 is 2.24 bits per heavy atom. The van der Waals surface area contributed by atoms with Gasteiger partial charge in [-0.25, -0.2) is 4.39 Å². The molecule has 0 saturated heterocycles. The highest BCUT2D eigenvalue weighted by Crippen LogP contribution is 2.49. The predicted octanol–water partition coefficient (Wildman–Crippen LogP) is 3.60. The lowest BCUT2D eigenvalue weighted by Crippen LogP contribution is -2.44. The number of aliphatic carboxylic acids is 1. The van der Waals surface area contributed by atoms with E-state index in [1.807, 2.05) is 25.1 Å². The molecule has 1 fully saturated rings. The van der Waals surface area contributed by atoms with E-state index in [0.717, 1.165) is 15.6 Å². The summed E-state index contributed by atoms with van der Waals surface area (Å²) in [7, 11) is 0. The van der Waals surface area contributed by atoms with Crippen LogP contribution < -0.4 is 0 Å². The van der Waals surface area contributed by atoms with Crippen molar-refractivity contribution in [1.29, 1.82) is 0 Å². The largest absolute Gasteiger partial charge is 0.481 e. The molecule has 1 aliphatic rings. The number of alkyl halides is 1. The van der Waals surface area contributed by atoms with Crippen molar-refractivity contribution in [2.45, 2.75) is 37.8 Å². The van der Waals surface area contributed by atoms with Crippen molar-refractivity contribution >= 4 is 21.9 Å². The van der Waals surface area contributed by atoms with Gasteiger partial charge < -0.3 is 5.11 Å². The molecule has 2 nitrogen and oxygen atoms in total. The molecule has 1 aliphatic carbocycles. The summed E-state index contributed by atoms with van der Waals surface area (Å²) in [6, 6.07) is 5.70. The maximum absolute atomic E-state index is 13.2. The van der Waals surface area contributed by atoms with Crippen LogP contribution in [0.2, 0.25) is 0 Å². The summed E-state index contributed by atoms with van der Waals surface area (Å²) in [6.07, 6.45) is -0.231. The summed E-state index contributed by atoms with van der Waals surface area (Å²) >= 11 is 3.43. The van der Waals surface area contributed by atoms with Crippen molar-refractivity contribution in [3.8, 4) is 0 Å². The van der Waals surface area contributed by atoms with Gasteiger partial charge in [-0.3, -0.25) is 4.79 Å². The molecule has 2 rings (SSSR count). The predicted molar refractivity (Wildman–Crippen MR) is 66.9 cm³/mol. The Balaban J connectivity index is 2.40. The molecule has 0 radical (unpaired) electrons. The molecule has 1 saturated carbocycles. The minimum atomic E-state index is -0.868. The Bertz CT molecular complexity index is 453. The van der Waals surface area contributed by atoms with Crippen LogP contribution in [0.4, 0.5) is 4.39 Å². The Morgan fingerprint density at radius 3 is 2.76 bits per heavy atom. The van der Waals surface area contributed by atoms with Crippen molar-refractivity contribution in [1.82, 2.24) is 0 Å². The van der Waals surface area contributed by atoms with Gasteiger partial charge in [-0.15, -0.1) is 0 Å². The fourth-order valence-corrected chi connectivity index (χ4v) is 3.09. The molecular weight excluding hydrogens is 287 g/mol. The minimum absolute atomic E-state index is 0.00468. The van der Waals surface area contributed by atoms with E-state index in [1.165, 1.54) is 0 Å². The minimum Gasteiger partial charge on any atom is -0.481 e. The topological polar surface area (TPSA) is 37.3 Å². The van der Waals surface area contributed by atoms with Crippen LogP contribution in [0.25, 0.3) is 0 Å². The maximum Gasteiger partial charge on any atom is 0.304 e. The van der Waals surface area contributed by atoms with Gasteiger partial charge in [0, 0.05) is 9.89 Å². The average Bonchev–Trinajstić information content (AvgIpc) is 2.18. The Morgan fingerprint density at radius 1 is 1.59 bits per heavy atom. The highest BCUT2D eigenvalue weighted by Gasteiger charge is 2.48. The zero-order valence-electron chi connectivity index (χ0n) is 9.54. The molecule has 0 spiro atoms. The van der Waals surface area contributed by atoms with Crippen LogP contribution in [-0.4, -0.2) is 17.2 Å². The average molecular weight is 301 g/mol. The summed E-state index contributed by atoms with van der Waals surface area (Å²) in [5, 5.41) is 8.99. The maximum atomic E-state index is 13.2. The first-order chi connectivity index (χ1) is 7.94. The lowest BCUT2D eigenvalue weighted by molar-refractivity contribution is -0.140. The Labute approximate surface area is 108 Å². The third-order valence-corrected chi connectivity index (χ3v) is 4.41. The van der Waals surface area contributed by atoms with Crippen molar-refractivity contribution < 1.29 is 14.3 Å². The van der Waals surface area contributed by atoms with Gasteiger partial charge in [0.2, 0.25) is 0 Å². The summed E-state index contributed by atoms with van der Waals surface area (Å²) in [4.78, 5) is 10.9. The quantitative estimate of drug-likeness (QED) is 0.926. The molecule has 0 unspecified atom stereocenters. The first kappa shape index (κ1) is 12.6. The second kappa shape index (κ2) is 4.41. The van der Waals surface area contributed by atoms with Gasteiger partial charge in [-0.2, -0.15) is 0 Å². The van der Waals surface area contributed by atoms with E-state index in [1.54, 1.807) is 0 Å². The zero-order chi connectivity index (χ0) is 12.6. The number of hydrogen-bond acceptors (Lipinski definition) is 1. The SMILES string of the molecule is Cc1c(Br)cccc1C1(CC(=O)O)CC(F)C1. The monoisotopic (exact) mass is 300 g/mol. The number of benzene rings is 1. The number of carbonyl (C=O) groups is 1. The van der Waals surface area contributed by atoms with Gasteiger partial charge >= 0.3 is 5.97 Å². The van der Waals surface area contributed by atoms with Gasteiger partial charge in [0.25, 0.3) is 0 Å². The fraction of sp³-hybridized carbons (Fsp3) is 0.462. The molecule has 17 heavy (non-hydrogen) atoms. The van der Waals surface area contributed by atoms with E-state index in [0.29, 0.717) is 12.8 Å². The molecule has 1 aromatic carbocycles. The molecule has 4 heteroatoms. The third-order valence-electron chi connectivity index (χ3n) is 3.55. The molecule has 1 N–H and O–H groups in total. The standard InChI is InChI=1S/C13H14BrFO2/c1-8-10(3-2-4-11(8)14)13(7-12(16)17)5-9(15)6-13/h2-4,9H,5-7H2,1H3,(H,16,17). The van der Waals surface area contributed by atoms with Gasteiger partial charge in [0.05, 0.1) is 6.42 Å². The van der Waals surface area contributed by atoms with Crippen LogP contribution in [-0.2, 0) is 10.2 Å². The van der Waals surface area contributed by atoms with Gasteiger partial charge in [0.15, 0.2) is 0 Å². The van der Waals surface area contributed by atoms with Crippen LogP contribution in [0.3, 0.4) is 0 Å². The van der Waals surface area contributed by atoms with Crippen LogP contribution in [0.5, 0.6) is 0 Å². The molecular formula is C13H14BrFO2. The van der Waals surface area contributed by atoms with E-state index < -0.39 is 17.6 Å². The van der Waals surface area contributed by atoms with Crippen molar-refractivity contribution in [3.63, 3.8) is 0 Å². The van der Waals surface area contributed by atoms with Crippen molar-refractivity contribution in [2.24, 2.45) is 0 Å². The fourth-order valence-electron chi connectivity index (χ4n) is 2.72. The molecule has 0 heterocycles. The smallest absolute Gasteiger partial charge is 0.304 e. The summed E-state index contributed by atoms with van der Waals surface area (Å²) in [6.45, 7) is 1.94. The van der Waals surface area contributed by atoms with Crippen LogP contribution in [0.15, 0.2) is 22.7 Å². The number of carboxylic acid groups (broad SMARTS) is 1. The highest BCUT2D eigenvalue weighted by molar-refractivity contribution is 9.10. The number of rotatable bonds is 3. The van der Waals surface area contributed by atoms with Crippen LogP contribution >= 0.6 is 15.9 Å². The van der Waals surface area contributed by atoms with E-state index >= 15 is 0 Å². The van der Waals surface area contributed by atoms with Crippen LogP contribution in [0, 0.1) is 6.92 Å². The van der Waals surface area contributed by atoms with E-state index in [2.05, 4.69) is 15.9 Å². The van der Waals surface area contributed by atoms with Crippen molar-refractivity contribution in [3.05, 3.63) is 33.8 Å². The molecule has 92 valence electrons. The number of hydrogen-bond donors (Lipinski definition) is 1. The summed E-state index contributed by atoms with van der Waals surface area (Å²) < 4.78 is 14.1. The normalized spacial score (nSPS) is 27.6. The molecule has 1 aromatic rings. The van der Waals surface area contributed by atoms with E-state index in [-0.39, 0.29) is 6.42 Å². The lowest BCUT2D eigenvalue weighted by atomic mass is 9.60. The molecule has 0 aliphatic heterocycles. The van der Waals surface area contributed by atoms with E-state index in [9.17, 15) is 9.18 Å². The Hall–Kier alpha value is -0.900. The first-order valence-electron chi connectivity index (χ1n) is 5.56. The van der Waals surface area contributed by atoms with E-state index in [4.69, 9.17) is 5.11 Å². The lowest BCUT2D eigenvalue weighted by Gasteiger charge is -2.44. The van der Waals surface area contributed by atoms with Crippen molar-refractivity contribution in [2.75, 3.05) is 0 Å². The third kappa shape index (κ3) is 2.23. The van der Waals surface area contributed by atoms with Gasteiger partial charge in [-0.05, 0) is 37.0 Å². The molecule has 0 bridgehead atoms. The molecule has 0 aromatic heterocycles. The number of halogens is 2. The zero-order valence-corrected chi connectivity index (χ0v) is 11.1. The summed E-state index contributed by atoms with van der Waals surface area (Å²) in [5.74, 6) is -0.865. The second-order valence-electron chi connectivity index (χ2n) is 4.77. The van der Waals surface area contributed by atoms with Gasteiger partial charge in [-0.1, -0.05) is 28.1 Å². The van der Waals surface area contributed by atoms with Crippen LogP contribution in [0.1, 0.15) is 30.4 Å². The highest BCUT2D eigenvalue weighted by atomic mass is 79.9. The van der Waals surface area contributed by atoms with Gasteiger partial charge in [0.1, 0.15) is 6.17 Å². The Kier molecular flexibility index (Phi) is 3.25. The summed E-state index contributed by atoms with van der Waals surface area (Å²) in [5.41, 5.74) is 1.46. The molecule has 0 atom stereocenters. The first-order valence-corrected chi connectivity index (χ1v) is 6.35. The number of carboxylic acids is 1. The second-order valence-corrected chi connectivity index (χ2v) is 5.62. The molecule has 0 amide bonds.